The van der Waals surface area contributed by atoms with Crippen molar-refractivity contribution in [2.45, 2.75) is 24.8 Å². The molecule has 1 aliphatic rings. The molecule has 15 heavy (non-hydrogen) atoms. The van der Waals surface area contributed by atoms with Gasteiger partial charge in [0.2, 0.25) is 0 Å². The van der Waals surface area contributed by atoms with Crippen LogP contribution in [0.1, 0.15) is 24.0 Å². The molecule has 0 aliphatic heterocycles. The largest absolute Gasteiger partial charge is 0.497 e. The Morgan fingerprint density at radius 1 is 1.53 bits per heavy atom. The topological polar surface area (TPSA) is 55.5 Å². The third-order valence-corrected chi connectivity index (χ3v) is 3.20. The van der Waals surface area contributed by atoms with Gasteiger partial charge in [0.25, 0.3) is 0 Å². The molecular weight excluding hydrogens is 190 g/mol. The number of ether oxygens (including phenoxy) is 1. The zero-order valence-corrected chi connectivity index (χ0v) is 8.99. The average molecular weight is 207 g/mol. The first kappa shape index (κ1) is 10.5. The minimum atomic E-state index is -0.556. The summed E-state index contributed by atoms with van der Waals surface area (Å²) in [7, 11) is 1.66. The van der Waals surface area contributed by atoms with E-state index in [1.807, 2.05) is 18.2 Å². The summed E-state index contributed by atoms with van der Waals surface area (Å²) >= 11 is 0. The van der Waals surface area contributed by atoms with Gasteiger partial charge >= 0.3 is 0 Å². The highest BCUT2D eigenvalue weighted by Gasteiger charge is 2.31. The minimum Gasteiger partial charge on any atom is -0.497 e. The quantitative estimate of drug-likeness (QED) is 0.765. The third kappa shape index (κ3) is 1.73. The molecule has 0 bridgehead atoms. The number of rotatable bonds is 2. The number of benzene rings is 1. The standard InChI is InChI=1S/C12H17NO2/c1-15-10-4-5-11-9(7-10)3-2-6-12(11,13)8-14/h4-5,7,14H,2-3,6,8,13H2,1H3. The Kier molecular flexibility index (Phi) is 2.67. The van der Waals surface area contributed by atoms with Gasteiger partial charge in [0, 0.05) is 0 Å². The molecule has 0 saturated carbocycles. The van der Waals surface area contributed by atoms with E-state index in [1.54, 1.807) is 7.11 Å². The van der Waals surface area contributed by atoms with Crippen LogP contribution in [0.3, 0.4) is 0 Å². The predicted octanol–water partition coefficient (Wildman–Crippen LogP) is 1.18. The van der Waals surface area contributed by atoms with Crippen LogP contribution in [0.5, 0.6) is 5.75 Å². The number of hydrogen-bond donors (Lipinski definition) is 2. The van der Waals surface area contributed by atoms with Crippen molar-refractivity contribution in [3.05, 3.63) is 29.3 Å². The number of hydrogen-bond acceptors (Lipinski definition) is 3. The summed E-state index contributed by atoms with van der Waals surface area (Å²) in [6.45, 7) is 0.00628. The second kappa shape index (κ2) is 3.83. The first-order valence-corrected chi connectivity index (χ1v) is 5.27. The molecule has 3 N–H and O–H groups in total. The average Bonchev–Trinajstić information content (AvgIpc) is 2.29. The van der Waals surface area contributed by atoms with Crippen molar-refractivity contribution in [2.75, 3.05) is 13.7 Å². The van der Waals surface area contributed by atoms with Crippen molar-refractivity contribution in [1.82, 2.24) is 0 Å². The number of aliphatic hydroxyl groups is 1. The first-order chi connectivity index (χ1) is 7.19. The van der Waals surface area contributed by atoms with Crippen molar-refractivity contribution in [1.29, 1.82) is 0 Å². The summed E-state index contributed by atoms with van der Waals surface area (Å²) in [6, 6.07) is 5.90. The van der Waals surface area contributed by atoms with Gasteiger partial charge in [-0.25, -0.2) is 0 Å². The van der Waals surface area contributed by atoms with Gasteiger partial charge in [-0.3, -0.25) is 0 Å². The van der Waals surface area contributed by atoms with Gasteiger partial charge in [-0.15, -0.1) is 0 Å². The molecule has 0 aromatic heterocycles. The van der Waals surface area contributed by atoms with Crippen LogP contribution in [0.15, 0.2) is 18.2 Å². The van der Waals surface area contributed by atoms with Crippen molar-refractivity contribution >= 4 is 0 Å². The molecule has 0 amide bonds. The summed E-state index contributed by atoms with van der Waals surface area (Å²) in [4.78, 5) is 0. The Balaban J connectivity index is 2.45. The lowest BCUT2D eigenvalue weighted by Crippen LogP contribution is -2.43. The molecule has 3 heteroatoms. The van der Waals surface area contributed by atoms with E-state index >= 15 is 0 Å². The Morgan fingerprint density at radius 2 is 2.33 bits per heavy atom. The lowest BCUT2D eigenvalue weighted by Gasteiger charge is -2.34. The van der Waals surface area contributed by atoms with Gasteiger partial charge in [0.05, 0.1) is 19.3 Å². The SMILES string of the molecule is COc1ccc2c(c1)CCCC2(N)CO. The number of fused-ring (bicyclic) bond motifs is 1. The monoisotopic (exact) mass is 207 g/mol. The van der Waals surface area contributed by atoms with Crippen LogP contribution in [-0.2, 0) is 12.0 Å². The van der Waals surface area contributed by atoms with Gasteiger partial charge in [-0.05, 0) is 42.5 Å². The molecule has 2 rings (SSSR count). The maximum Gasteiger partial charge on any atom is 0.119 e. The molecule has 1 aromatic rings. The summed E-state index contributed by atoms with van der Waals surface area (Å²) in [6.07, 6.45) is 2.89. The molecule has 1 atom stereocenters. The van der Waals surface area contributed by atoms with Gasteiger partial charge in [0.1, 0.15) is 5.75 Å². The van der Waals surface area contributed by atoms with Crippen LogP contribution in [0, 0.1) is 0 Å². The minimum absolute atomic E-state index is 0.00628. The zero-order valence-electron chi connectivity index (χ0n) is 8.99. The fraction of sp³-hybridized carbons (Fsp3) is 0.500. The Labute approximate surface area is 89.9 Å². The molecule has 0 spiro atoms. The normalized spacial score (nSPS) is 24.7. The maximum atomic E-state index is 9.37. The fourth-order valence-electron chi connectivity index (χ4n) is 2.28. The summed E-state index contributed by atoms with van der Waals surface area (Å²) in [5.74, 6) is 0.857. The van der Waals surface area contributed by atoms with Crippen molar-refractivity contribution < 1.29 is 9.84 Å². The van der Waals surface area contributed by atoms with Crippen molar-refractivity contribution in [3.8, 4) is 5.75 Å². The van der Waals surface area contributed by atoms with E-state index in [0.29, 0.717) is 0 Å². The zero-order chi connectivity index (χ0) is 10.9. The highest BCUT2D eigenvalue weighted by atomic mass is 16.5. The van der Waals surface area contributed by atoms with Crippen molar-refractivity contribution in [3.63, 3.8) is 0 Å². The molecular formula is C12H17NO2. The molecule has 82 valence electrons. The molecule has 0 fully saturated rings. The third-order valence-electron chi connectivity index (χ3n) is 3.20. The lowest BCUT2D eigenvalue weighted by molar-refractivity contribution is 0.178. The first-order valence-electron chi connectivity index (χ1n) is 5.27. The van der Waals surface area contributed by atoms with E-state index in [4.69, 9.17) is 10.5 Å². The van der Waals surface area contributed by atoms with E-state index in [2.05, 4.69) is 0 Å². The van der Waals surface area contributed by atoms with Gasteiger partial charge in [0.15, 0.2) is 0 Å². The predicted molar refractivity (Wildman–Crippen MR) is 58.9 cm³/mol. The summed E-state index contributed by atoms with van der Waals surface area (Å²) in [5, 5.41) is 9.37. The lowest BCUT2D eigenvalue weighted by atomic mass is 9.77. The van der Waals surface area contributed by atoms with Gasteiger partial charge in [-0.1, -0.05) is 6.07 Å². The van der Waals surface area contributed by atoms with E-state index < -0.39 is 5.54 Å². The smallest absolute Gasteiger partial charge is 0.119 e. The van der Waals surface area contributed by atoms with E-state index in [9.17, 15) is 5.11 Å². The van der Waals surface area contributed by atoms with Crippen LogP contribution in [0.4, 0.5) is 0 Å². The van der Waals surface area contributed by atoms with Crippen LogP contribution in [0.2, 0.25) is 0 Å². The Morgan fingerprint density at radius 3 is 3.00 bits per heavy atom. The number of aryl methyl sites for hydroxylation is 1. The van der Waals surface area contributed by atoms with Crippen LogP contribution in [-0.4, -0.2) is 18.8 Å². The molecule has 0 heterocycles. The van der Waals surface area contributed by atoms with Gasteiger partial charge in [-0.2, -0.15) is 0 Å². The molecule has 1 unspecified atom stereocenters. The van der Waals surface area contributed by atoms with E-state index in [0.717, 1.165) is 30.6 Å². The number of nitrogens with two attached hydrogens (primary N) is 1. The maximum absolute atomic E-state index is 9.37. The Hall–Kier alpha value is -1.06. The Bertz CT molecular complexity index is 365. The number of aliphatic hydroxyl groups excluding tert-OH is 1. The molecule has 3 nitrogen and oxygen atoms in total. The molecule has 1 aromatic carbocycles. The second-order valence-electron chi connectivity index (χ2n) is 4.19. The molecule has 1 aliphatic carbocycles. The summed E-state index contributed by atoms with van der Waals surface area (Å²) in [5.41, 5.74) is 7.89. The van der Waals surface area contributed by atoms with E-state index in [1.165, 1.54) is 5.56 Å². The van der Waals surface area contributed by atoms with Crippen LogP contribution in [0.25, 0.3) is 0 Å². The molecule has 0 radical (unpaired) electrons. The number of methoxy groups -OCH3 is 1. The highest BCUT2D eigenvalue weighted by Crippen LogP contribution is 2.34. The highest BCUT2D eigenvalue weighted by molar-refractivity contribution is 5.41. The fourth-order valence-corrected chi connectivity index (χ4v) is 2.28. The second-order valence-corrected chi connectivity index (χ2v) is 4.19. The van der Waals surface area contributed by atoms with Crippen molar-refractivity contribution in [2.24, 2.45) is 5.73 Å². The van der Waals surface area contributed by atoms with Crippen LogP contribution < -0.4 is 10.5 Å². The van der Waals surface area contributed by atoms with E-state index in [-0.39, 0.29) is 6.61 Å². The van der Waals surface area contributed by atoms with Crippen LogP contribution >= 0.6 is 0 Å². The summed E-state index contributed by atoms with van der Waals surface area (Å²) < 4.78 is 5.18. The molecule has 0 saturated heterocycles. The van der Waals surface area contributed by atoms with Gasteiger partial charge < -0.3 is 15.6 Å².